The van der Waals surface area contributed by atoms with Gasteiger partial charge < -0.3 is 0 Å². The SMILES string of the molecule is CCCC(=S)OOc1ccc(Cl)cc1C. The average Bonchev–Trinajstić information content (AvgIpc) is 2.17. The van der Waals surface area contributed by atoms with Crippen LogP contribution in [0.3, 0.4) is 0 Å². The summed E-state index contributed by atoms with van der Waals surface area (Å²) in [6.07, 6.45) is 1.67. The molecule has 0 N–H and O–H groups in total. The summed E-state index contributed by atoms with van der Waals surface area (Å²) in [5, 5.41) is 1.14. The molecular weight excluding hydrogens is 232 g/mol. The molecule has 1 aromatic rings. The van der Waals surface area contributed by atoms with Crippen molar-refractivity contribution in [2.24, 2.45) is 0 Å². The number of benzene rings is 1. The van der Waals surface area contributed by atoms with Gasteiger partial charge in [0.25, 0.3) is 0 Å². The predicted molar refractivity (Wildman–Crippen MR) is 65.4 cm³/mol. The molecule has 0 spiro atoms. The maximum Gasteiger partial charge on any atom is 0.218 e. The molecule has 82 valence electrons. The summed E-state index contributed by atoms with van der Waals surface area (Å²) in [7, 11) is 0. The molecule has 0 aliphatic heterocycles. The number of halogens is 1. The summed E-state index contributed by atoms with van der Waals surface area (Å²) < 4.78 is 0. The lowest BCUT2D eigenvalue weighted by Gasteiger charge is -2.08. The summed E-state index contributed by atoms with van der Waals surface area (Å²) in [5.74, 6) is 0.637. The van der Waals surface area contributed by atoms with Gasteiger partial charge in [0.15, 0.2) is 5.75 Å². The molecule has 0 aliphatic rings. The van der Waals surface area contributed by atoms with Crippen LogP contribution in [-0.4, -0.2) is 5.05 Å². The van der Waals surface area contributed by atoms with Crippen LogP contribution in [0.1, 0.15) is 25.3 Å². The highest BCUT2D eigenvalue weighted by molar-refractivity contribution is 7.80. The molecule has 0 fully saturated rings. The lowest BCUT2D eigenvalue weighted by atomic mass is 10.2. The second kappa shape index (κ2) is 5.93. The normalized spacial score (nSPS) is 9.80. The van der Waals surface area contributed by atoms with E-state index in [1.54, 1.807) is 12.1 Å². The molecule has 4 heteroatoms. The molecule has 0 saturated heterocycles. The fourth-order valence-electron chi connectivity index (χ4n) is 1.04. The fraction of sp³-hybridized carbons (Fsp3) is 0.364. The predicted octanol–water partition coefficient (Wildman–Crippen LogP) is 4.09. The van der Waals surface area contributed by atoms with Gasteiger partial charge in [-0.3, -0.25) is 9.78 Å². The van der Waals surface area contributed by atoms with Gasteiger partial charge in [-0.05, 0) is 49.3 Å². The van der Waals surface area contributed by atoms with Gasteiger partial charge in [0.2, 0.25) is 5.05 Å². The molecule has 0 atom stereocenters. The van der Waals surface area contributed by atoms with Gasteiger partial charge in [-0.15, -0.1) is 0 Å². The van der Waals surface area contributed by atoms with Gasteiger partial charge in [-0.1, -0.05) is 18.5 Å². The summed E-state index contributed by atoms with van der Waals surface area (Å²) in [6, 6.07) is 5.31. The Morgan fingerprint density at radius 1 is 1.47 bits per heavy atom. The van der Waals surface area contributed by atoms with E-state index in [0.29, 0.717) is 15.8 Å². The first kappa shape index (κ1) is 12.3. The van der Waals surface area contributed by atoms with Crippen LogP contribution in [0.25, 0.3) is 0 Å². The zero-order valence-electron chi connectivity index (χ0n) is 8.75. The minimum atomic E-state index is 0.465. The molecule has 0 heterocycles. The molecule has 0 bridgehead atoms. The highest BCUT2D eigenvalue weighted by Crippen LogP contribution is 2.22. The first-order chi connectivity index (χ1) is 7.13. The van der Waals surface area contributed by atoms with Gasteiger partial charge >= 0.3 is 0 Å². The smallest absolute Gasteiger partial charge is 0.218 e. The molecule has 0 saturated carbocycles. The quantitative estimate of drug-likeness (QED) is 0.452. The van der Waals surface area contributed by atoms with Crippen molar-refractivity contribution in [2.45, 2.75) is 26.7 Å². The van der Waals surface area contributed by atoms with Crippen molar-refractivity contribution in [3.05, 3.63) is 28.8 Å². The maximum absolute atomic E-state index is 5.81. The van der Waals surface area contributed by atoms with Crippen molar-refractivity contribution in [1.29, 1.82) is 0 Å². The molecule has 0 unspecified atom stereocenters. The molecule has 0 amide bonds. The van der Waals surface area contributed by atoms with Crippen LogP contribution in [0.4, 0.5) is 0 Å². The van der Waals surface area contributed by atoms with Crippen molar-refractivity contribution < 1.29 is 9.78 Å². The van der Waals surface area contributed by atoms with Crippen molar-refractivity contribution in [3.8, 4) is 5.75 Å². The molecular formula is C11H13ClO2S. The number of rotatable bonds is 4. The summed E-state index contributed by atoms with van der Waals surface area (Å²) >= 11 is 10.8. The lowest BCUT2D eigenvalue weighted by Crippen LogP contribution is -2.05. The molecule has 1 aromatic carbocycles. The van der Waals surface area contributed by atoms with Crippen LogP contribution < -0.4 is 4.89 Å². The van der Waals surface area contributed by atoms with Crippen molar-refractivity contribution >= 4 is 28.9 Å². The first-order valence-corrected chi connectivity index (χ1v) is 5.55. The van der Waals surface area contributed by atoms with Gasteiger partial charge in [-0.25, -0.2) is 0 Å². The van der Waals surface area contributed by atoms with E-state index < -0.39 is 0 Å². The third kappa shape index (κ3) is 4.06. The first-order valence-electron chi connectivity index (χ1n) is 4.77. The van der Waals surface area contributed by atoms with Crippen LogP contribution in [0.15, 0.2) is 18.2 Å². The molecule has 0 aliphatic carbocycles. The molecule has 0 radical (unpaired) electrons. The van der Waals surface area contributed by atoms with E-state index in [1.165, 1.54) is 0 Å². The van der Waals surface area contributed by atoms with Crippen LogP contribution in [0.2, 0.25) is 5.02 Å². The Balaban J connectivity index is 2.54. The second-order valence-corrected chi connectivity index (χ2v) is 4.09. The Bertz CT molecular complexity index is 352. The highest BCUT2D eigenvalue weighted by Gasteiger charge is 2.03. The van der Waals surface area contributed by atoms with E-state index in [0.717, 1.165) is 18.4 Å². The third-order valence-electron chi connectivity index (χ3n) is 1.82. The van der Waals surface area contributed by atoms with Gasteiger partial charge in [0, 0.05) is 11.4 Å². The van der Waals surface area contributed by atoms with E-state index in [4.69, 9.17) is 33.6 Å². The van der Waals surface area contributed by atoms with Gasteiger partial charge in [-0.2, -0.15) is 0 Å². The molecule has 2 nitrogen and oxygen atoms in total. The van der Waals surface area contributed by atoms with Gasteiger partial charge in [0.1, 0.15) is 0 Å². The second-order valence-electron chi connectivity index (χ2n) is 3.20. The van der Waals surface area contributed by atoms with Crippen LogP contribution in [0, 0.1) is 6.92 Å². The zero-order valence-corrected chi connectivity index (χ0v) is 10.3. The van der Waals surface area contributed by atoms with Gasteiger partial charge in [0.05, 0.1) is 0 Å². The van der Waals surface area contributed by atoms with E-state index in [-0.39, 0.29) is 0 Å². The van der Waals surface area contributed by atoms with Crippen molar-refractivity contribution in [1.82, 2.24) is 0 Å². The molecule has 15 heavy (non-hydrogen) atoms. The molecule has 0 aromatic heterocycles. The Labute approximate surface area is 100 Å². The van der Waals surface area contributed by atoms with E-state index in [9.17, 15) is 0 Å². The van der Waals surface area contributed by atoms with E-state index >= 15 is 0 Å². The van der Waals surface area contributed by atoms with Crippen molar-refractivity contribution in [3.63, 3.8) is 0 Å². The van der Waals surface area contributed by atoms with E-state index in [1.807, 2.05) is 19.9 Å². The monoisotopic (exact) mass is 244 g/mol. The standard InChI is InChI=1S/C11H13ClO2S/c1-3-4-11(15)14-13-10-6-5-9(12)7-8(10)2/h5-7H,3-4H2,1-2H3. The number of hydrogen-bond acceptors (Lipinski definition) is 3. The van der Waals surface area contributed by atoms with Crippen molar-refractivity contribution in [2.75, 3.05) is 0 Å². The number of aryl methyl sites for hydroxylation is 1. The summed E-state index contributed by atoms with van der Waals surface area (Å²) in [4.78, 5) is 10.1. The van der Waals surface area contributed by atoms with Crippen LogP contribution in [0.5, 0.6) is 5.75 Å². The minimum Gasteiger partial charge on any atom is -0.289 e. The Hall–Kier alpha value is -0.800. The fourth-order valence-corrected chi connectivity index (χ4v) is 1.51. The Kier molecular flexibility index (Phi) is 4.85. The largest absolute Gasteiger partial charge is 0.289 e. The third-order valence-corrected chi connectivity index (χ3v) is 2.32. The van der Waals surface area contributed by atoms with E-state index in [2.05, 4.69) is 0 Å². The zero-order chi connectivity index (χ0) is 11.3. The Morgan fingerprint density at radius 2 is 2.20 bits per heavy atom. The summed E-state index contributed by atoms with van der Waals surface area (Å²) in [6.45, 7) is 3.93. The highest BCUT2D eigenvalue weighted by atomic mass is 35.5. The van der Waals surface area contributed by atoms with Crippen LogP contribution >= 0.6 is 23.8 Å². The van der Waals surface area contributed by atoms with Crippen LogP contribution in [-0.2, 0) is 4.89 Å². The molecule has 1 rings (SSSR count). The summed E-state index contributed by atoms with van der Waals surface area (Å²) in [5.41, 5.74) is 0.918. The number of thiocarbonyl (C=S) groups is 1. The maximum atomic E-state index is 5.81. The Morgan fingerprint density at radius 3 is 2.80 bits per heavy atom. The number of hydrogen-bond donors (Lipinski definition) is 0. The topological polar surface area (TPSA) is 18.5 Å². The average molecular weight is 245 g/mol. The lowest BCUT2D eigenvalue weighted by molar-refractivity contribution is -0.116. The minimum absolute atomic E-state index is 0.465.